The first-order valence-electron chi connectivity index (χ1n) is 10.5. The molecule has 0 saturated carbocycles. The molecule has 2 N–H and O–H groups in total. The van der Waals surface area contributed by atoms with Crippen LogP contribution < -0.4 is 15.4 Å². The van der Waals surface area contributed by atoms with Gasteiger partial charge in [0.2, 0.25) is 5.91 Å². The number of benzene rings is 2. The van der Waals surface area contributed by atoms with Crippen molar-refractivity contribution in [1.82, 2.24) is 25.6 Å². The summed E-state index contributed by atoms with van der Waals surface area (Å²) in [5.41, 5.74) is 4.96. The van der Waals surface area contributed by atoms with Crippen molar-refractivity contribution in [3.05, 3.63) is 53.1 Å². The third kappa shape index (κ3) is 6.28. The quantitative estimate of drug-likeness (QED) is 0.489. The number of hydrogen-bond donors (Lipinski definition) is 2. The Morgan fingerprint density at radius 2 is 1.71 bits per heavy atom. The highest BCUT2D eigenvalue weighted by Gasteiger charge is 2.07. The highest BCUT2D eigenvalue weighted by atomic mass is 16.5. The molecule has 0 atom stereocenters. The Bertz CT molecular complexity index is 1040. The van der Waals surface area contributed by atoms with Gasteiger partial charge in [0.1, 0.15) is 11.3 Å². The van der Waals surface area contributed by atoms with Crippen molar-refractivity contribution in [3.63, 3.8) is 0 Å². The van der Waals surface area contributed by atoms with Gasteiger partial charge in [-0.05, 0) is 67.8 Å². The molecule has 3 aromatic rings. The topological polar surface area (TPSA) is 98.1 Å². The summed E-state index contributed by atoms with van der Waals surface area (Å²) in [5.74, 6) is 0.511. The number of nitrogens with zero attached hydrogens (tertiary/aromatic N) is 3. The number of aromatic nitrogens is 3. The lowest BCUT2D eigenvalue weighted by Gasteiger charge is -2.09. The van der Waals surface area contributed by atoms with Gasteiger partial charge in [0.15, 0.2) is 0 Å². The zero-order chi connectivity index (χ0) is 22.2. The number of ether oxygens (including phenoxy) is 1. The summed E-state index contributed by atoms with van der Waals surface area (Å²) < 4.78 is 7.70. The molecule has 0 saturated heterocycles. The molecule has 8 nitrogen and oxygen atoms in total. The van der Waals surface area contributed by atoms with Crippen molar-refractivity contribution >= 4 is 22.8 Å². The number of amides is 2. The monoisotopic (exact) mass is 423 g/mol. The van der Waals surface area contributed by atoms with Crippen molar-refractivity contribution in [2.45, 2.75) is 40.2 Å². The highest BCUT2D eigenvalue weighted by Crippen LogP contribution is 2.17. The van der Waals surface area contributed by atoms with Gasteiger partial charge in [-0.3, -0.25) is 9.59 Å². The second-order valence-corrected chi connectivity index (χ2v) is 7.56. The number of carbonyl (C=O) groups is 2. The maximum Gasteiger partial charge on any atom is 0.251 e. The summed E-state index contributed by atoms with van der Waals surface area (Å²) in [4.78, 5) is 22.9. The minimum Gasteiger partial charge on any atom is -0.494 e. The van der Waals surface area contributed by atoms with E-state index in [0.29, 0.717) is 31.7 Å². The summed E-state index contributed by atoms with van der Waals surface area (Å²) in [6, 6.07) is 11.3. The molecule has 0 aliphatic carbocycles. The van der Waals surface area contributed by atoms with Crippen LogP contribution in [-0.4, -0.2) is 46.5 Å². The molecule has 1 heterocycles. The van der Waals surface area contributed by atoms with Crippen molar-refractivity contribution in [1.29, 1.82) is 0 Å². The Morgan fingerprint density at radius 1 is 1.00 bits per heavy atom. The van der Waals surface area contributed by atoms with Gasteiger partial charge in [-0.15, -0.1) is 5.10 Å². The standard InChI is InChI=1S/C23H29N5O3/c1-16-14-21-22(15-17(16)2)28(27-26-21)12-5-13-31-20-8-6-19(7-9-20)23(30)25-11-4-10-24-18(3)29/h6-9,14-15H,4-5,10-13H2,1-3H3,(H,24,29)(H,25,30). The number of fused-ring (bicyclic) bond motifs is 1. The largest absolute Gasteiger partial charge is 0.494 e. The van der Waals surface area contributed by atoms with Crippen LogP contribution in [0.1, 0.15) is 41.3 Å². The van der Waals surface area contributed by atoms with Crippen molar-refractivity contribution < 1.29 is 14.3 Å². The summed E-state index contributed by atoms with van der Waals surface area (Å²) in [6.45, 7) is 7.95. The SMILES string of the molecule is CC(=O)NCCCNC(=O)c1ccc(OCCCn2nnc3cc(C)c(C)cc32)cc1. The van der Waals surface area contributed by atoms with Gasteiger partial charge in [-0.1, -0.05) is 5.21 Å². The molecule has 2 aromatic carbocycles. The Morgan fingerprint density at radius 3 is 2.45 bits per heavy atom. The maximum atomic E-state index is 12.1. The molecule has 2 amide bonds. The van der Waals surface area contributed by atoms with Gasteiger partial charge in [0.25, 0.3) is 5.91 Å². The number of nitrogens with one attached hydrogen (secondary N) is 2. The Kier molecular flexibility index (Phi) is 7.59. The molecule has 3 rings (SSSR count). The van der Waals surface area contributed by atoms with Crippen LogP contribution in [0, 0.1) is 13.8 Å². The first kappa shape index (κ1) is 22.3. The summed E-state index contributed by atoms with van der Waals surface area (Å²) in [7, 11) is 0. The molecule has 0 fully saturated rings. The lowest BCUT2D eigenvalue weighted by Crippen LogP contribution is -2.28. The van der Waals surface area contributed by atoms with E-state index >= 15 is 0 Å². The number of carbonyl (C=O) groups excluding carboxylic acids is 2. The second kappa shape index (κ2) is 10.6. The lowest BCUT2D eigenvalue weighted by atomic mass is 10.1. The van der Waals surface area contributed by atoms with Gasteiger partial charge in [0.05, 0.1) is 12.1 Å². The van der Waals surface area contributed by atoms with Crippen LogP contribution in [0.4, 0.5) is 0 Å². The summed E-state index contributed by atoms with van der Waals surface area (Å²) >= 11 is 0. The van der Waals surface area contributed by atoms with Crippen LogP contribution >= 0.6 is 0 Å². The van der Waals surface area contributed by atoms with Crippen LogP contribution in [0.5, 0.6) is 5.75 Å². The van der Waals surface area contributed by atoms with Crippen LogP contribution in [-0.2, 0) is 11.3 Å². The predicted octanol–water partition coefficient (Wildman–Crippen LogP) is 2.77. The highest BCUT2D eigenvalue weighted by molar-refractivity contribution is 5.94. The number of rotatable bonds is 10. The number of hydrogen-bond acceptors (Lipinski definition) is 5. The van der Waals surface area contributed by atoms with Crippen LogP contribution in [0.15, 0.2) is 36.4 Å². The van der Waals surface area contributed by atoms with Crippen LogP contribution in [0.3, 0.4) is 0 Å². The van der Waals surface area contributed by atoms with E-state index in [9.17, 15) is 9.59 Å². The molecular formula is C23H29N5O3. The Hall–Kier alpha value is -3.42. The van der Waals surface area contributed by atoms with E-state index in [1.807, 2.05) is 4.68 Å². The molecule has 8 heteroatoms. The molecule has 31 heavy (non-hydrogen) atoms. The van der Waals surface area contributed by atoms with Gasteiger partial charge < -0.3 is 15.4 Å². The first-order chi connectivity index (χ1) is 14.9. The fourth-order valence-electron chi connectivity index (χ4n) is 3.15. The predicted molar refractivity (Wildman–Crippen MR) is 119 cm³/mol. The molecular weight excluding hydrogens is 394 g/mol. The second-order valence-electron chi connectivity index (χ2n) is 7.56. The summed E-state index contributed by atoms with van der Waals surface area (Å²) in [5, 5.41) is 14.0. The van der Waals surface area contributed by atoms with E-state index in [0.717, 1.165) is 29.7 Å². The van der Waals surface area contributed by atoms with E-state index in [2.05, 4.69) is 46.9 Å². The van der Waals surface area contributed by atoms with E-state index in [1.54, 1.807) is 24.3 Å². The Balaban J connectivity index is 1.41. The number of aryl methyl sites for hydroxylation is 3. The zero-order valence-electron chi connectivity index (χ0n) is 18.3. The van der Waals surface area contributed by atoms with Gasteiger partial charge in [0, 0.05) is 38.5 Å². The fraction of sp³-hybridized carbons (Fsp3) is 0.391. The van der Waals surface area contributed by atoms with Crippen molar-refractivity contribution in [2.24, 2.45) is 0 Å². The molecule has 0 spiro atoms. The molecule has 0 bridgehead atoms. The maximum absolute atomic E-state index is 12.1. The minimum atomic E-state index is -0.141. The lowest BCUT2D eigenvalue weighted by molar-refractivity contribution is -0.118. The van der Waals surface area contributed by atoms with Gasteiger partial charge in [-0.2, -0.15) is 0 Å². The molecule has 0 aliphatic heterocycles. The third-order valence-electron chi connectivity index (χ3n) is 5.04. The minimum absolute atomic E-state index is 0.0678. The first-order valence-corrected chi connectivity index (χ1v) is 10.5. The molecule has 0 radical (unpaired) electrons. The van der Waals surface area contributed by atoms with E-state index in [4.69, 9.17) is 4.74 Å². The smallest absolute Gasteiger partial charge is 0.251 e. The van der Waals surface area contributed by atoms with Crippen molar-refractivity contribution in [2.75, 3.05) is 19.7 Å². The third-order valence-corrected chi connectivity index (χ3v) is 5.04. The normalized spacial score (nSPS) is 10.8. The van der Waals surface area contributed by atoms with E-state index in [-0.39, 0.29) is 11.8 Å². The van der Waals surface area contributed by atoms with Crippen LogP contribution in [0.2, 0.25) is 0 Å². The Labute approximate surface area is 182 Å². The van der Waals surface area contributed by atoms with Gasteiger partial charge in [-0.25, -0.2) is 4.68 Å². The van der Waals surface area contributed by atoms with E-state index < -0.39 is 0 Å². The zero-order valence-corrected chi connectivity index (χ0v) is 18.3. The van der Waals surface area contributed by atoms with Crippen LogP contribution in [0.25, 0.3) is 11.0 Å². The average molecular weight is 424 g/mol. The van der Waals surface area contributed by atoms with E-state index in [1.165, 1.54) is 18.1 Å². The fourth-order valence-corrected chi connectivity index (χ4v) is 3.15. The molecule has 0 aliphatic rings. The molecule has 0 unspecified atom stereocenters. The molecule has 164 valence electrons. The average Bonchev–Trinajstić information content (AvgIpc) is 3.13. The molecule has 1 aromatic heterocycles. The van der Waals surface area contributed by atoms with Gasteiger partial charge >= 0.3 is 0 Å². The van der Waals surface area contributed by atoms with Crippen molar-refractivity contribution in [3.8, 4) is 5.75 Å². The summed E-state index contributed by atoms with van der Waals surface area (Å²) in [6.07, 6.45) is 1.48.